The van der Waals surface area contributed by atoms with Gasteiger partial charge in [-0.15, -0.1) is 0 Å². The number of fused-ring (bicyclic) bond motifs is 1. The average molecular weight is 421 g/mol. The molecule has 0 amide bonds. The topological polar surface area (TPSA) is 54.3 Å². The molecule has 3 aromatic rings. The maximum absolute atomic E-state index is 9.81. The number of hydrogen-bond donors (Lipinski definition) is 1. The maximum atomic E-state index is 9.81. The minimum absolute atomic E-state index is 0.269. The average Bonchev–Trinajstić information content (AvgIpc) is 2.80. The van der Waals surface area contributed by atoms with Crippen LogP contribution in [0.2, 0.25) is 5.02 Å². The first kappa shape index (κ1) is 20.7. The Morgan fingerprint density at radius 3 is 2.40 bits per heavy atom. The molecule has 1 heterocycles. The molecule has 1 atom stereocenters. The van der Waals surface area contributed by atoms with E-state index in [0.29, 0.717) is 16.3 Å². The van der Waals surface area contributed by atoms with E-state index in [0.717, 1.165) is 42.3 Å². The second-order valence-corrected chi connectivity index (χ2v) is 8.17. The molecule has 1 aliphatic rings. The van der Waals surface area contributed by atoms with E-state index >= 15 is 0 Å². The summed E-state index contributed by atoms with van der Waals surface area (Å²) in [6.45, 7) is 1.78. The molecule has 1 N–H and O–H groups in total. The third-order valence-electron chi connectivity index (χ3n) is 6.28. The van der Waals surface area contributed by atoms with Gasteiger partial charge in [-0.1, -0.05) is 48.0 Å². The Kier molecular flexibility index (Phi) is 5.97. The van der Waals surface area contributed by atoms with Crippen molar-refractivity contribution in [2.24, 2.45) is 0 Å². The molecular weight excluding hydrogens is 396 g/mol. The molecule has 1 saturated heterocycles. The van der Waals surface area contributed by atoms with E-state index in [4.69, 9.17) is 21.1 Å². The van der Waals surface area contributed by atoms with Gasteiger partial charge in [0.25, 0.3) is 0 Å². The van der Waals surface area contributed by atoms with Gasteiger partial charge in [-0.05, 0) is 60.5 Å². The third-order valence-corrected chi connectivity index (χ3v) is 6.53. The van der Waals surface area contributed by atoms with Gasteiger partial charge in [0.15, 0.2) is 0 Å². The van der Waals surface area contributed by atoms with Gasteiger partial charge >= 0.3 is 0 Å². The van der Waals surface area contributed by atoms with Crippen molar-refractivity contribution in [1.82, 2.24) is 5.32 Å². The van der Waals surface area contributed by atoms with Crippen molar-refractivity contribution in [3.05, 3.63) is 76.3 Å². The van der Waals surface area contributed by atoms with Crippen molar-refractivity contribution >= 4 is 22.4 Å². The Morgan fingerprint density at radius 1 is 1.07 bits per heavy atom. The van der Waals surface area contributed by atoms with Gasteiger partial charge in [-0.2, -0.15) is 5.26 Å². The molecule has 3 aromatic carbocycles. The second-order valence-electron chi connectivity index (χ2n) is 7.73. The number of halogens is 1. The molecule has 30 heavy (non-hydrogen) atoms. The molecule has 5 heteroatoms. The molecule has 4 rings (SSSR count). The summed E-state index contributed by atoms with van der Waals surface area (Å²) in [4.78, 5) is 0. The van der Waals surface area contributed by atoms with Gasteiger partial charge in [-0.3, -0.25) is 0 Å². The molecule has 0 bridgehead atoms. The fourth-order valence-electron chi connectivity index (χ4n) is 4.90. The highest BCUT2D eigenvalue weighted by molar-refractivity contribution is 6.30. The fraction of sp³-hybridized carbons (Fsp3) is 0.320. The van der Waals surface area contributed by atoms with Crippen LogP contribution < -0.4 is 10.1 Å². The van der Waals surface area contributed by atoms with Crippen LogP contribution in [0.25, 0.3) is 10.8 Å². The number of nitrogens with one attached hydrogen (secondary N) is 1. The maximum Gasteiger partial charge on any atom is 0.143 e. The number of ether oxygens (including phenoxy) is 2. The Bertz CT molecular complexity index is 1080. The third kappa shape index (κ3) is 3.44. The summed E-state index contributed by atoms with van der Waals surface area (Å²) in [5, 5.41) is 16.1. The minimum atomic E-state index is -0.283. The quantitative estimate of drug-likeness (QED) is 0.601. The van der Waals surface area contributed by atoms with Gasteiger partial charge < -0.3 is 14.8 Å². The standard InChI is InChI=1S/C25H25ClN2O2/c1-29-23-18(16-27)15-17-5-3-4-6-21(17)22(23)24(30-2)25(11-13-28-14-12-25)19-7-9-20(26)10-8-19/h3-10,15,24,28H,11-14H2,1-2H3. The first-order valence-electron chi connectivity index (χ1n) is 10.1. The fourth-order valence-corrected chi connectivity index (χ4v) is 5.02. The summed E-state index contributed by atoms with van der Waals surface area (Å²) in [5.74, 6) is 0.593. The van der Waals surface area contributed by atoms with Crippen LogP contribution in [-0.2, 0) is 10.2 Å². The first-order valence-corrected chi connectivity index (χ1v) is 10.5. The smallest absolute Gasteiger partial charge is 0.143 e. The Balaban J connectivity index is 2.02. The summed E-state index contributed by atoms with van der Waals surface area (Å²) in [5.41, 5.74) is 2.38. The number of nitrogens with zero attached hydrogens (tertiary/aromatic N) is 1. The molecule has 1 fully saturated rings. The first-order chi connectivity index (χ1) is 14.6. The highest BCUT2D eigenvalue weighted by atomic mass is 35.5. The zero-order valence-corrected chi connectivity index (χ0v) is 18.0. The van der Waals surface area contributed by atoms with Crippen LogP contribution in [0.15, 0.2) is 54.6 Å². The summed E-state index contributed by atoms with van der Waals surface area (Å²) in [7, 11) is 3.37. The van der Waals surface area contributed by atoms with Gasteiger partial charge in [0, 0.05) is 23.1 Å². The normalized spacial score (nSPS) is 16.7. The van der Waals surface area contributed by atoms with Crippen molar-refractivity contribution in [2.45, 2.75) is 24.4 Å². The predicted molar refractivity (Wildman–Crippen MR) is 120 cm³/mol. The van der Waals surface area contributed by atoms with Gasteiger partial charge in [-0.25, -0.2) is 0 Å². The van der Waals surface area contributed by atoms with E-state index in [-0.39, 0.29) is 11.5 Å². The number of benzene rings is 3. The number of methoxy groups -OCH3 is 2. The van der Waals surface area contributed by atoms with E-state index in [9.17, 15) is 5.26 Å². The lowest BCUT2D eigenvalue weighted by molar-refractivity contribution is 0.0133. The van der Waals surface area contributed by atoms with Crippen LogP contribution in [0.4, 0.5) is 0 Å². The van der Waals surface area contributed by atoms with Crippen molar-refractivity contribution in [2.75, 3.05) is 27.3 Å². The zero-order chi connectivity index (χ0) is 21.1. The largest absolute Gasteiger partial charge is 0.495 e. The van der Waals surface area contributed by atoms with E-state index in [1.165, 1.54) is 5.56 Å². The molecule has 4 nitrogen and oxygen atoms in total. The number of rotatable bonds is 5. The number of piperidine rings is 1. The van der Waals surface area contributed by atoms with Crippen LogP contribution in [-0.4, -0.2) is 27.3 Å². The van der Waals surface area contributed by atoms with E-state index in [1.54, 1.807) is 14.2 Å². The molecule has 154 valence electrons. The predicted octanol–water partition coefficient (Wildman–Crippen LogP) is 5.38. The molecule has 0 radical (unpaired) electrons. The Labute approximate surface area is 182 Å². The lowest BCUT2D eigenvalue weighted by atomic mass is 9.66. The lowest BCUT2D eigenvalue weighted by Gasteiger charge is -2.44. The molecule has 1 aliphatic heterocycles. The molecular formula is C25H25ClN2O2. The molecule has 0 aromatic heterocycles. The Hall–Kier alpha value is -2.58. The monoisotopic (exact) mass is 420 g/mol. The van der Waals surface area contributed by atoms with Crippen molar-refractivity contribution < 1.29 is 9.47 Å². The van der Waals surface area contributed by atoms with Crippen LogP contribution in [0.1, 0.15) is 35.6 Å². The van der Waals surface area contributed by atoms with Crippen LogP contribution >= 0.6 is 11.6 Å². The van der Waals surface area contributed by atoms with Gasteiger partial charge in [0.05, 0.1) is 18.8 Å². The van der Waals surface area contributed by atoms with Crippen molar-refractivity contribution in [3.8, 4) is 11.8 Å². The zero-order valence-electron chi connectivity index (χ0n) is 17.2. The van der Waals surface area contributed by atoms with Crippen LogP contribution in [0.3, 0.4) is 0 Å². The Morgan fingerprint density at radius 2 is 1.77 bits per heavy atom. The summed E-state index contributed by atoms with van der Waals surface area (Å²) >= 11 is 6.19. The number of hydrogen-bond acceptors (Lipinski definition) is 4. The summed E-state index contributed by atoms with van der Waals surface area (Å²) in [6, 6.07) is 20.4. The van der Waals surface area contributed by atoms with Crippen LogP contribution in [0, 0.1) is 11.3 Å². The molecule has 1 unspecified atom stereocenters. The summed E-state index contributed by atoms with van der Waals surface area (Å²) < 4.78 is 12.1. The highest BCUT2D eigenvalue weighted by Gasteiger charge is 2.44. The van der Waals surface area contributed by atoms with E-state index < -0.39 is 0 Å². The molecule has 0 spiro atoms. The van der Waals surface area contributed by atoms with E-state index in [1.807, 2.05) is 36.4 Å². The van der Waals surface area contributed by atoms with E-state index in [2.05, 4.69) is 29.6 Å². The second kappa shape index (κ2) is 8.65. The minimum Gasteiger partial charge on any atom is -0.495 e. The molecule has 0 saturated carbocycles. The highest BCUT2D eigenvalue weighted by Crippen LogP contribution is 2.51. The SMILES string of the molecule is COc1c(C#N)cc2ccccc2c1C(OC)C1(c2ccc(Cl)cc2)CCNCC1. The molecule has 0 aliphatic carbocycles. The number of nitriles is 1. The van der Waals surface area contributed by atoms with Gasteiger partial charge in [0.2, 0.25) is 0 Å². The van der Waals surface area contributed by atoms with Gasteiger partial charge in [0.1, 0.15) is 11.8 Å². The summed E-state index contributed by atoms with van der Waals surface area (Å²) in [6.07, 6.45) is 1.52. The van der Waals surface area contributed by atoms with Crippen molar-refractivity contribution in [1.29, 1.82) is 5.26 Å². The van der Waals surface area contributed by atoms with Crippen LogP contribution in [0.5, 0.6) is 5.75 Å². The lowest BCUT2D eigenvalue weighted by Crippen LogP contribution is -2.44. The van der Waals surface area contributed by atoms with Crippen molar-refractivity contribution in [3.63, 3.8) is 0 Å².